The maximum Gasteiger partial charge on any atom is 0.265 e. The Kier molecular flexibility index (Phi) is 3.35. The molecule has 0 radical (unpaired) electrons. The van der Waals surface area contributed by atoms with E-state index in [4.69, 9.17) is 5.84 Å². The average Bonchev–Trinajstić information content (AvgIpc) is 2.18. The second-order valence-electron chi connectivity index (χ2n) is 2.46. The van der Waals surface area contributed by atoms with Crippen LogP contribution in [0, 0.1) is 0 Å². The van der Waals surface area contributed by atoms with Crippen molar-refractivity contribution < 1.29 is 4.79 Å². The molecule has 1 aromatic rings. The molecule has 0 spiro atoms. The number of halogens is 1. The highest BCUT2D eigenvalue weighted by atomic mass is 79.9. The van der Waals surface area contributed by atoms with Crippen LogP contribution >= 0.6 is 28.6 Å². The third-order valence-electron chi connectivity index (χ3n) is 1.59. The van der Waals surface area contributed by atoms with Gasteiger partial charge in [0.1, 0.15) is 0 Å². The number of nitrogens with one attached hydrogen (secondary N) is 1. The Morgan fingerprint density at radius 3 is 2.46 bits per heavy atom. The number of alkyl halides is 1. The maximum absolute atomic E-state index is 11.3. The minimum Gasteiger partial charge on any atom is -0.292 e. The lowest BCUT2D eigenvalue weighted by atomic mass is 10.1. The summed E-state index contributed by atoms with van der Waals surface area (Å²) in [5.41, 5.74) is 2.78. The molecule has 0 aliphatic rings. The second kappa shape index (κ2) is 4.13. The smallest absolute Gasteiger partial charge is 0.265 e. The van der Waals surface area contributed by atoms with Crippen molar-refractivity contribution in [2.75, 3.05) is 0 Å². The topological polar surface area (TPSA) is 55.1 Å². The quantitative estimate of drug-likeness (QED) is 0.246. The summed E-state index contributed by atoms with van der Waals surface area (Å²) in [6.45, 7) is 0. The molecule has 13 heavy (non-hydrogen) atoms. The number of hydrogen-bond donors (Lipinski definition) is 3. The first-order chi connectivity index (χ1) is 6.09. The van der Waals surface area contributed by atoms with Crippen molar-refractivity contribution in [2.45, 2.75) is 3.66 Å². The van der Waals surface area contributed by atoms with E-state index in [-0.39, 0.29) is 0 Å². The molecule has 70 valence electrons. The summed E-state index contributed by atoms with van der Waals surface area (Å²) in [5, 5.41) is 0. The number of benzene rings is 1. The highest BCUT2D eigenvalue weighted by Gasteiger charge is 2.32. The van der Waals surface area contributed by atoms with Crippen molar-refractivity contribution in [3.05, 3.63) is 35.9 Å². The first-order valence-electron chi connectivity index (χ1n) is 3.57. The van der Waals surface area contributed by atoms with Gasteiger partial charge in [-0.25, -0.2) is 5.84 Å². The predicted molar refractivity (Wildman–Crippen MR) is 58.4 cm³/mol. The van der Waals surface area contributed by atoms with Gasteiger partial charge in [0.15, 0.2) is 3.66 Å². The van der Waals surface area contributed by atoms with Gasteiger partial charge in [0, 0.05) is 0 Å². The van der Waals surface area contributed by atoms with E-state index in [1.807, 2.05) is 23.6 Å². The number of hydrazine groups is 1. The molecule has 0 bridgehead atoms. The predicted octanol–water partition coefficient (Wildman–Crippen LogP) is 1.15. The van der Waals surface area contributed by atoms with Crippen LogP contribution < -0.4 is 11.3 Å². The van der Waals surface area contributed by atoms with E-state index in [0.717, 1.165) is 5.56 Å². The molecule has 5 heteroatoms. The number of rotatable bonds is 2. The summed E-state index contributed by atoms with van der Waals surface area (Å²) in [5.74, 6) is 4.62. The standard InChI is InChI=1S/C8H9BrN2OS/c9-8(13,7(12)11-10)6-4-2-1-3-5-6/h1-5,13H,10H2,(H,11,12). The van der Waals surface area contributed by atoms with Gasteiger partial charge >= 0.3 is 0 Å². The molecule has 3 nitrogen and oxygen atoms in total. The molecule has 0 fully saturated rings. The van der Waals surface area contributed by atoms with Gasteiger partial charge in [0.05, 0.1) is 0 Å². The third kappa shape index (κ3) is 2.24. The Balaban J connectivity index is 3.00. The van der Waals surface area contributed by atoms with Crippen LogP contribution in [0.4, 0.5) is 0 Å². The van der Waals surface area contributed by atoms with Gasteiger partial charge < -0.3 is 0 Å². The van der Waals surface area contributed by atoms with Crippen LogP contribution in [0.15, 0.2) is 30.3 Å². The SMILES string of the molecule is NNC(=O)C(S)(Br)c1ccccc1. The summed E-state index contributed by atoms with van der Waals surface area (Å²) in [6.07, 6.45) is 0. The number of nitrogens with two attached hydrogens (primary N) is 1. The van der Waals surface area contributed by atoms with Crippen LogP contribution in [0.5, 0.6) is 0 Å². The summed E-state index contributed by atoms with van der Waals surface area (Å²) < 4.78 is -1.07. The summed E-state index contributed by atoms with van der Waals surface area (Å²) in [4.78, 5) is 11.3. The first kappa shape index (κ1) is 10.6. The van der Waals surface area contributed by atoms with Crippen LogP contribution in [0.3, 0.4) is 0 Å². The average molecular weight is 261 g/mol. The van der Waals surface area contributed by atoms with E-state index in [2.05, 4.69) is 28.6 Å². The zero-order valence-electron chi connectivity index (χ0n) is 6.70. The van der Waals surface area contributed by atoms with Crippen molar-refractivity contribution in [2.24, 2.45) is 5.84 Å². The molecular weight excluding hydrogens is 252 g/mol. The van der Waals surface area contributed by atoms with Crippen LogP contribution in [-0.2, 0) is 8.45 Å². The monoisotopic (exact) mass is 260 g/mol. The molecule has 0 aliphatic carbocycles. The van der Waals surface area contributed by atoms with Gasteiger partial charge in [-0.3, -0.25) is 10.2 Å². The van der Waals surface area contributed by atoms with E-state index < -0.39 is 9.56 Å². The Morgan fingerprint density at radius 2 is 2.00 bits per heavy atom. The Morgan fingerprint density at radius 1 is 1.46 bits per heavy atom. The Hall–Kier alpha value is -0.520. The Bertz CT molecular complexity index is 302. The minimum absolute atomic E-state index is 0.401. The molecule has 1 atom stereocenters. The molecule has 0 saturated heterocycles. The van der Waals surface area contributed by atoms with Gasteiger partial charge in [-0.05, 0) is 5.56 Å². The van der Waals surface area contributed by atoms with E-state index in [1.54, 1.807) is 12.1 Å². The van der Waals surface area contributed by atoms with Crippen molar-refractivity contribution in [1.29, 1.82) is 0 Å². The van der Waals surface area contributed by atoms with Crippen LogP contribution in [0.25, 0.3) is 0 Å². The van der Waals surface area contributed by atoms with Crippen molar-refractivity contribution in [1.82, 2.24) is 5.43 Å². The van der Waals surface area contributed by atoms with E-state index in [9.17, 15) is 4.79 Å². The molecule has 0 aliphatic heterocycles. The molecule has 0 heterocycles. The summed E-state index contributed by atoms with van der Waals surface area (Å²) >= 11 is 7.36. The number of carbonyl (C=O) groups excluding carboxylic acids is 1. The highest BCUT2D eigenvalue weighted by Crippen LogP contribution is 2.35. The lowest BCUT2D eigenvalue weighted by molar-refractivity contribution is -0.121. The zero-order chi connectivity index (χ0) is 9.90. The molecule has 1 unspecified atom stereocenters. The minimum atomic E-state index is -1.07. The number of amides is 1. The van der Waals surface area contributed by atoms with E-state index in [0.29, 0.717) is 0 Å². The fraction of sp³-hybridized carbons (Fsp3) is 0.125. The maximum atomic E-state index is 11.3. The van der Waals surface area contributed by atoms with Gasteiger partial charge in [-0.2, -0.15) is 0 Å². The van der Waals surface area contributed by atoms with Crippen LogP contribution in [-0.4, -0.2) is 5.91 Å². The van der Waals surface area contributed by atoms with Crippen molar-refractivity contribution >= 4 is 34.5 Å². The fourth-order valence-electron chi connectivity index (χ4n) is 0.886. The molecule has 1 aromatic carbocycles. The lowest BCUT2D eigenvalue weighted by Gasteiger charge is -2.19. The fourth-order valence-corrected chi connectivity index (χ4v) is 1.48. The summed E-state index contributed by atoms with van der Waals surface area (Å²) in [6, 6.07) is 9.09. The number of thiol groups is 1. The lowest BCUT2D eigenvalue weighted by Crippen LogP contribution is -2.40. The Labute approximate surface area is 90.2 Å². The number of hydrogen-bond acceptors (Lipinski definition) is 3. The molecular formula is C8H9BrN2OS. The van der Waals surface area contributed by atoms with Gasteiger partial charge in [0.25, 0.3) is 5.91 Å². The van der Waals surface area contributed by atoms with Gasteiger partial charge in [-0.1, -0.05) is 46.3 Å². The third-order valence-corrected chi connectivity index (χ3v) is 2.87. The highest BCUT2D eigenvalue weighted by molar-refractivity contribution is 9.11. The number of carbonyl (C=O) groups is 1. The van der Waals surface area contributed by atoms with E-state index in [1.165, 1.54) is 0 Å². The second-order valence-corrected chi connectivity index (χ2v) is 4.93. The molecule has 3 N–H and O–H groups in total. The van der Waals surface area contributed by atoms with E-state index >= 15 is 0 Å². The summed E-state index contributed by atoms with van der Waals surface area (Å²) in [7, 11) is 0. The van der Waals surface area contributed by atoms with Crippen LogP contribution in [0.2, 0.25) is 0 Å². The molecule has 1 rings (SSSR count). The van der Waals surface area contributed by atoms with Gasteiger partial charge in [-0.15, -0.1) is 12.6 Å². The molecule has 1 amide bonds. The molecule has 0 aromatic heterocycles. The first-order valence-corrected chi connectivity index (χ1v) is 4.81. The molecule has 0 saturated carbocycles. The normalized spacial score (nSPS) is 14.7. The van der Waals surface area contributed by atoms with Crippen molar-refractivity contribution in [3.8, 4) is 0 Å². The van der Waals surface area contributed by atoms with Crippen molar-refractivity contribution in [3.63, 3.8) is 0 Å². The largest absolute Gasteiger partial charge is 0.292 e. The zero-order valence-corrected chi connectivity index (χ0v) is 9.18. The van der Waals surface area contributed by atoms with Crippen LogP contribution in [0.1, 0.15) is 5.56 Å². The van der Waals surface area contributed by atoms with Gasteiger partial charge in [0.2, 0.25) is 0 Å².